The second-order valence-electron chi connectivity index (χ2n) is 8.92. The van der Waals surface area contributed by atoms with Gasteiger partial charge in [-0.1, -0.05) is 13.0 Å². The van der Waals surface area contributed by atoms with Crippen LogP contribution in [0.5, 0.6) is 5.75 Å². The number of fused-ring (bicyclic) bond motifs is 5. The highest BCUT2D eigenvalue weighted by Gasteiger charge is 2.56. The third-order valence-corrected chi connectivity index (χ3v) is 8.00. The molecule has 3 aliphatic carbocycles. The van der Waals surface area contributed by atoms with Gasteiger partial charge >= 0.3 is 10.3 Å². The van der Waals surface area contributed by atoms with Crippen molar-refractivity contribution in [2.75, 3.05) is 6.54 Å². The highest BCUT2D eigenvalue weighted by Crippen LogP contribution is 2.63. The molecule has 0 unspecified atom stereocenters. The molecule has 3 N–H and O–H groups in total. The molecular formula is C21H30N2O4S. The fraction of sp³-hybridized carbons (Fsp3) is 0.667. The van der Waals surface area contributed by atoms with Crippen molar-refractivity contribution in [2.24, 2.45) is 28.3 Å². The molecule has 0 heterocycles. The zero-order valence-corrected chi connectivity index (χ0v) is 17.4. The minimum atomic E-state index is -4.00. The minimum Gasteiger partial charge on any atom is -0.371 e. The van der Waals surface area contributed by atoms with Gasteiger partial charge in [0, 0.05) is 12.5 Å². The third-order valence-electron chi connectivity index (χ3n) is 7.58. The van der Waals surface area contributed by atoms with E-state index in [-0.39, 0.29) is 23.0 Å². The van der Waals surface area contributed by atoms with Gasteiger partial charge in [0.05, 0.1) is 0 Å². The number of amides is 1. The van der Waals surface area contributed by atoms with Crippen molar-refractivity contribution < 1.29 is 17.4 Å². The number of hydrogen-bond donors (Lipinski definition) is 2. The number of benzene rings is 1. The van der Waals surface area contributed by atoms with Gasteiger partial charge in [-0.05, 0) is 91.9 Å². The molecule has 154 valence electrons. The second-order valence-corrected chi connectivity index (χ2v) is 10.1. The second kappa shape index (κ2) is 7.02. The van der Waals surface area contributed by atoms with Crippen molar-refractivity contribution in [1.29, 1.82) is 0 Å². The average Bonchev–Trinajstić information content (AvgIpc) is 2.97. The first-order valence-corrected chi connectivity index (χ1v) is 11.8. The highest BCUT2D eigenvalue weighted by molar-refractivity contribution is 7.84. The maximum Gasteiger partial charge on any atom is 0.380 e. The summed E-state index contributed by atoms with van der Waals surface area (Å²) in [5, 5.41) is 8.05. The predicted molar refractivity (Wildman–Crippen MR) is 107 cm³/mol. The van der Waals surface area contributed by atoms with Crippen LogP contribution >= 0.6 is 0 Å². The summed E-state index contributed by atoms with van der Waals surface area (Å²) in [6, 6.07) is 5.56. The number of hydrogen-bond acceptors (Lipinski definition) is 4. The van der Waals surface area contributed by atoms with E-state index < -0.39 is 10.3 Å². The molecule has 7 heteroatoms. The number of carbonyl (C=O) groups excluding carboxylic acids is 1. The standard InChI is InChI=1S/C21H30N2O4S/c1-3-23-20(24)19-9-8-18-17-6-4-13-12-14(27-28(22,25)26)5-7-15(13)16(17)10-11-21(18,19)2/h5,7,12,16-19H,3-4,6,8-11H2,1-2H3,(H,23,24)(H2,22,25,26)/t16-,17-,18+,19-,21+/m1/s1. The topological polar surface area (TPSA) is 98.5 Å². The normalized spacial score (nSPS) is 34.1. The molecule has 1 aromatic rings. The van der Waals surface area contributed by atoms with Gasteiger partial charge < -0.3 is 9.50 Å². The predicted octanol–water partition coefficient (Wildman–Crippen LogP) is 2.88. The van der Waals surface area contributed by atoms with Gasteiger partial charge in [0.15, 0.2) is 0 Å². The Labute approximate surface area is 167 Å². The van der Waals surface area contributed by atoms with E-state index in [0.717, 1.165) is 38.5 Å². The minimum absolute atomic E-state index is 0.0919. The third kappa shape index (κ3) is 3.32. The summed E-state index contributed by atoms with van der Waals surface area (Å²) in [5.74, 6) is 2.30. The first kappa shape index (κ1) is 19.7. The Balaban J connectivity index is 1.58. The van der Waals surface area contributed by atoms with E-state index in [9.17, 15) is 13.2 Å². The van der Waals surface area contributed by atoms with E-state index in [1.165, 1.54) is 11.1 Å². The SMILES string of the molecule is CCNC(=O)[C@H]1CC[C@H]2[C@@H]3CCc4cc(OS(N)(=O)=O)ccc4[C@H]3CC[C@]12C. The first-order valence-electron chi connectivity index (χ1n) is 10.4. The van der Waals surface area contributed by atoms with Crippen molar-refractivity contribution in [3.63, 3.8) is 0 Å². The number of nitrogens with one attached hydrogen (secondary N) is 1. The summed E-state index contributed by atoms with van der Waals surface area (Å²) in [6.07, 6.45) is 6.26. The summed E-state index contributed by atoms with van der Waals surface area (Å²) in [4.78, 5) is 12.6. The lowest BCUT2D eigenvalue weighted by molar-refractivity contribution is -0.130. The smallest absolute Gasteiger partial charge is 0.371 e. The van der Waals surface area contributed by atoms with E-state index in [4.69, 9.17) is 9.32 Å². The Morgan fingerprint density at radius 3 is 2.79 bits per heavy atom. The molecule has 0 bridgehead atoms. The molecule has 0 radical (unpaired) electrons. The van der Waals surface area contributed by atoms with Crippen LogP contribution in [-0.2, 0) is 21.5 Å². The lowest BCUT2D eigenvalue weighted by Gasteiger charge is -2.50. The summed E-state index contributed by atoms with van der Waals surface area (Å²) >= 11 is 0. The van der Waals surface area contributed by atoms with Gasteiger partial charge in [-0.2, -0.15) is 13.6 Å². The zero-order valence-electron chi connectivity index (χ0n) is 16.6. The van der Waals surface area contributed by atoms with Crippen molar-refractivity contribution >= 4 is 16.2 Å². The van der Waals surface area contributed by atoms with Gasteiger partial charge in [-0.25, -0.2) is 0 Å². The zero-order chi connectivity index (χ0) is 20.1. The maximum atomic E-state index is 12.6. The molecule has 28 heavy (non-hydrogen) atoms. The van der Waals surface area contributed by atoms with Crippen LogP contribution in [0.3, 0.4) is 0 Å². The quantitative estimate of drug-likeness (QED) is 0.803. The molecule has 1 aromatic carbocycles. The molecule has 2 fully saturated rings. The molecular weight excluding hydrogens is 376 g/mol. The molecule has 6 nitrogen and oxygen atoms in total. The van der Waals surface area contributed by atoms with Crippen LogP contribution in [0.15, 0.2) is 18.2 Å². The van der Waals surface area contributed by atoms with Crippen molar-refractivity contribution in [2.45, 2.75) is 58.3 Å². The van der Waals surface area contributed by atoms with Crippen molar-refractivity contribution in [3.05, 3.63) is 29.3 Å². The maximum absolute atomic E-state index is 12.6. The van der Waals surface area contributed by atoms with Gasteiger partial charge in [-0.3, -0.25) is 4.79 Å². The number of aryl methyl sites for hydroxylation is 1. The van der Waals surface area contributed by atoms with Gasteiger partial charge in [-0.15, -0.1) is 0 Å². The van der Waals surface area contributed by atoms with Crippen molar-refractivity contribution in [1.82, 2.24) is 5.32 Å². The van der Waals surface area contributed by atoms with Crippen LogP contribution in [0.4, 0.5) is 0 Å². The van der Waals surface area contributed by atoms with Crippen LogP contribution in [0.25, 0.3) is 0 Å². The molecule has 3 aliphatic rings. The molecule has 4 rings (SSSR count). The molecule has 0 saturated heterocycles. The molecule has 1 amide bonds. The van der Waals surface area contributed by atoms with E-state index in [0.29, 0.717) is 24.3 Å². The van der Waals surface area contributed by atoms with Gasteiger partial charge in [0.25, 0.3) is 0 Å². The molecule has 0 aliphatic heterocycles. The summed E-state index contributed by atoms with van der Waals surface area (Å²) in [7, 11) is -4.00. The fourth-order valence-corrected chi connectivity index (χ4v) is 6.84. The van der Waals surface area contributed by atoms with E-state index >= 15 is 0 Å². The molecule has 0 aromatic heterocycles. The monoisotopic (exact) mass is 406 g/mol. The summed E-state index contributed by atoms with van der Waals surface area (Å²) in [6.45, 7) is 5.01. The summed E-state index contributed by atoms with van der Waals surface area (Å²) in [5.41, 5.74) is 2.58. The van der Waals surface area contributed by atoms with Crippen LogP contribution in [-0.4, -0.2) is 20.9 Å². The average molecular weight is 407 g/mol. The van der Waals surface area contributed by atoms with E-state index in [1.807, 2.05) is 19.1 Å². The number of nitrogens with two attached hydrogens (primary N) is 1. The van der Waals surface area contributed by atoms with Gasteiger partial charge in [0.2, 0.25) is 5.91 Å². The van der Waals surface area contributed by atoms with E-state index in [2.05, 4.69) is 12.2 Å². The fourth-order valence-electron chi connectivity index (χ4n) is 6.47. The Morgan fingerprint density at radius 2 is 2.07 bits per heavy atom. The molecule has 2 saturated carbocycles. The lowest BCUT2D eigenvalue weighted by atomic mass is 9.54. The Morgan fingerprint density at radius 1 is 1.29 bits per heavy atom. The van der Waals surface area contributed by atoms with Crippen LogP contribution in [0.2, 0.25) is 0 Å². The van der Waals surface area contributed by atoms with Crippen LogP contribution in [0, 0.1) is 23.2 Å². The van der Waals surface area contributed by atoms with Crippen LogP contribution < -0.4 is 14.6 Å². The number of rotatable bonds is 4. The van der Waals surface area contributed by atoms with E-state index in [1.54, 1.807) is 6.07 Å². The Kier molecular flexibility index (Phi) is 4.94. The Hall–Kier alpha value is -1.60. The number of carbonyl (C=O) groups is 1. The lowest BCUT2D eigenvalue weighted by Crippen LogP contribution is -2.46. The Bertz CT molecular complexity index is 884. The van der Waals surface area contributed by atoms with Gasteiger partial charge in [0.1, 0.15) is 5.75 Å². The molecule has 0 spiro atoms. The largest absolute Gasteiger partial charge is 0.380 e. The molecule has 5 atom stereocenters. The van der Waals surface area contributed by atoms with Crippen LogP contribution in [0.1, 0.15) is 63.0 Å². The summed E-state index contributed by atoms with van der Waals surface area (Å²) < 4.78 is 27.3. The highest BCUT2D eigenvalue weighted by atomic mass is 32.2. The van der Waals surface area contributed by atoms with Crippen molar-refractivity contribution in [3.8, 4) is 5.75 Å². The first-order chi connectivity index (χ1) is 13.2.